The quantitative estimate of drug-likeness (QED) is 0.560. The minimum Gasteiger partial charge on any atom is -0.456 e. The van der Waals surface area contributed by atoms with Crippen LogP contribution in [0.15, 0.2) is 63.8 Å². The molecule has 118 valence electrons. The fourth-order valence-corrected chi connectivity index (χ4v) is 2.25. The Hall–Kier alpha value is -2.68. The van der Waals surface area contributed by atoms with Crippen LogP contribution in [0.1, 0.15) is 0 Å². The molecule has 1 heterocycles. The van der Waals surface area contributed by atoms with Gasteiger partial charge in [0, 0.05) is 11.6 Å². The van der Waals surface area contributed by atoms with Gasteiger partial charge in [-0.1, -0.05) is 30.3 Å². The van der Waals surface area contributed by atoms with Crippen molar-refractivity contribution < 1.29 is 22.2 Å². The van der Waals surface area contributed by atoms with Gasteiger partial charge in [0.15, 0.2) is 5.43 Å². The van der Waals surface area contributed by atoms with E-state index in [9.17, 15) is 13.2 Å². The summed E-state index contributed by atoms with van der Waals surface area (Å²) in [5.41, 5.74) is 0.790. The van der Waals surface area contributed by atoms with E-state index < -0.39 is 10.3 Å². The van der Waals surface area contributed by atoms with E-state index in [1.54, 1.807) is 0 Å². The van der Waals surface area contributed by atoms with Gasteiger partial charge in [-0.3, -0.25) is 9.35 Å². The van der Waals surface area contributed by atoms with E-state index in [0.717, 1.165) is 5.56 Å². The van der Waals surface area contributed by atoms with Crippen LogP contribution in [0.5, 0.6) is 5.75 Å². The van der Waals surface area contributed by atoms with E-state index in [4.69, 9.17) is 8.97 Å². The number of benzene rings is 2. The Morgan fingerprint density at radius 1 is 1.04 bits per heavy atom. The number of rotatable bonds is 4. The molecule has 1 aromatic heterocycles. The molecule has 0 spiro atoms. The average molecular weight is 333 g/mol. The molecule has 0 aliphatic carbocycles. The Morgan fingerprint density at radius 3 is 2.48 bits per heavy atom. The van der Waals surface area contributed by atoms with Crippen molar-refractivity contribution >= 4 is 21.3 Å². The molecule has 0 bridgehead atoms. The Kier molecular flexibility index (Phi) is 3.87. The normalized spacial score (nSPS) is 11.5. The maximum Gasteiger partial charge on any atom is 0.364 e. The zero-order chi connectivity index (χ0) is 16.4. The summed E-state index contributed by atoms with van der Waals surface area (Å²) in [6, 6.07) is 14.7. The van der Waals surface area contributed by atoms with Crippen LogP contribution in [0.3, 0.4) is 0 Å². The van der Waals surface area contributed by atoms with E-state index in [0.29, 0.717) is 11.3 Å². The Labute approximate surface area is 131 Å². The van der Waals surface area contributed by atoms with Crippen LogP contribution >= 0.6 is 0 Å². The van der Waals surface area contributed by atoms with Crippen molar-refractivity contribution in [1.82, 2.24) is 4.89 Å². The third kappa shape index (κ3) is 3.57. The van der Waals surface area contributed by atoms with E-state index in [1.807, 2.05) is 30.3 Å². The fourth-order valence-electron chi connectivity index (χ4n) is 2.04. The standard InChI is InChI=1S/C15H11NO6S/c17-13-9-15(10-4-2-1-3-5-10)21-14-7-6-11(8-12(13)14)22-16-23(18,19)20/h1-9,16H,(H,18,19,20). The highest BCUT2D eigenvalue weighted by Crippen LogP contribution is 2.24. The van der Waals surface area contributed by atoms with E-state index in [2.05, 4.69) is 4.84 Å². The van der Waals surface area contributed by atoms with Crippen LogP contribution in [0.25, 0.3) is 22.3 Å². The van der Waals surface area contributed by atoms with Gasteiger partial charge in [-0.05, 0) is 23.1 Å². The topological polar surface area (TPSA) is 106 Å². The van der Waals surface area contributed by atoms with E-state index >= 15 is 0 Å². The molecule has 2 N–H and O–H groups in total. The van der Waals surface area contributed by atoms with Gasteiger partial charge in [-0.2, -0.15) is 8.42 Å². The number of hydrogen-bond acceptors (Lipinski definition) is 5. The number of nitrogens with one attached hydrogen (secondary N) is 1. The summed E-state index contributed by atoms with van der Waals surface area (Å²) < 4.78 is 35.4. The molecule has 0 aliphatic heterocycles. The van der Waals surface area contributed by atoms with Gasteiger partial charge in [-0.15, -0.1) is 0 Å². The molecule has 0 saturated carbocycles. The fraction of sp³-hybridized carbons (Fsp3) is 0. The van der Waals surface area contributed by atoms with E-state index in [1.165, 1.54) is 29.2 Å². The highest BCUT2D eigenvalue weighted by Gasteiger charge is 2.09. The second kappa shape index (κ2) is 5.84. The lowest BCUT2D eigenvalue weighted by Gasteiger charge is -2.06. The molecule has 0 atom stereocenters. The van der Waals surface area contributed by atoms with Crippen LogP contribution < -0.4 is 15.2 Å². The molecule has 3 rings (SSSR count). The summed E-state index contributed by atoms with van der Waals surface area (Å²) in [6.45, 7) is 0. The first-order chi connectivity index (χ1) is 10.9. The molecule has 2 aromatic carbocycles. The van der Waals surface area contributed by atoms with Crippen LogP contribution in [-0.2, 0) is 10.3 Å². The van der Waals surface area contributed by atoms with Crippen molar-refractivity contribution in [2.75, 3.05) is 0 Å². The number of hydrogen-bond donors (Lipinski definition) is 2. The van der Waals surface area contributed by atoms with Crippen LogP contribution in [0.4, 0.5) is 0 Å². The molecule has 0 unspecified atom stereocenters. The highest BCUT2D eigenvalue weighted by atomic mass is 32.2. The summed E-state index contributed by atoms with van der Waals surface area (Å²) >= 11 is 0. The SMILES string of the molecule is O=c1cc(-c2ccccc2)oc2ccc(ONS(=O)(=O)O)cc12. The van der Waals surface area contributed by atoms with Crippen LogP contribution in [0.2, 0.25) is 0 Å². The van der Waals surface area contributed by atoms with Gasteiger partial charge in [0.1, 0.15) is 17.1 Å². The predicted octanol–water partition coefficient (Wildman–Crippen LogP) is 2.15. The Bertz CT molecular complexity index is 1010. The van der Waals surface area contributed by atoms with Crippen molar-refractivity contribution in [2.45, 2.75) is 0 Å². The lowest BCUT2D eigenvalue weighted by molar-refractivity contribution is 0.252. The first-order valence-electron chi connectivity index (χ1n) is 6.47. The summed E-state index contributed by atoms with van der Waals surface area (Å²) in [5.74, 6) is 0.461. The zero-order valence-electron chi connectivity index (χ0n) is 11.6. The zero-order valence-corrected chi connectivity index (χ0v) is 12.4. The second-order valence-corrected chi connectivity index (χ2v) is 5.78. The predicted molar refractivity (Wildman–Crippen MR) is 83.2 cm³/mol. The highest BCUT2D eigenvalue weighted by molar-refractivity contribution is 7.83. The Morgan fingerprint density at radius 2 is 1.78 bits per heavy atom. The summed E-state index contributed by atoms with van der Waals surface area (Å²) in [4.78, 5) is 18.4. The molecule has 0 radical (unpaired) electrons. The second-order valence-electron chi connectivity index (χ2n) is 4.66. The Balaban J connectivity index is 2.02. The lowest BCUT2D eigenvalue weighted by atomic mass is 10.1. The molecular formula is C15H11NO6S. The van der Waals surface area contributed by atoms with Crippen molar-refractivity contribution in [3.8, 4) is 17.1 Å². The molecular weight excluding hydrogens is 322 g/mol. The molecule has 3 aromatic rings. The summed E-state index contributed by atoms with van der Waals surface area (Å²) in [7, 11) is -4.50. The summed E-state index contributed by atoms with van der Waals surface area (Å²) in [6.07, 6.45) is 0. The van der Waals surface area contributed by atoms with Gasteiger partial charge in [0.05, 0.1) is 5.39 Å². The van der Waals surface area contributed by atoms with Crippen molar-refractivity contribution in [3.63, 3.8) is 0 Å². The van der Waals surface area contributed by atoms with Gasteiger partial charge < -0.3 is 9.25 Å². The minimum absolute atomic E-state index is 0.0369. The molecule has 0 aliphatic rings. The number of fused-ring (bicyclic) bond motifs is 1. The third-order valence-corrected chi connectivity index (χ3v) is 3.32. The minimum atomic E-state index is -4.50. The smallest absolute Gasteiger partial charge is 0.364 e. The average Bonchev–Trinajstić information content (AvgIpc) is 2.53. The van der Waals surface area contributed by atoms with Gasteiger partial charge in [0.25, 0.3) is 0 Å². The van der Waals surface area contributed by atoms with Crippen molar-refractivity contribution in [2.24, 2.45) is 0 Å². The van der Waals surface area contributed by atoms with Crippen molar-refractivity contribution in [1.29, 1.82) is 0 Å². The maximum atomic E-state index is 12.2. The van der Waals surface area contributed by atoms with Gasteiger partial charge in [0.2, 0.25) is 0 Å². The molecule has 0 amide bonds. The molecule has 0 fully saturated rings. The first-order valence-corrected chi connectivity index (χ1v) is 7.91. The third-order valence-electron chi connectivity index (χ3n) is 3.02. The molecule has 7 nitrogen and oxygen atoms in total. The van der Waals surface area contributed by atoms with Gasteiger partial charge >= 0.3 is 10.3 Å². The molecule has 23 heavy (non-hydrogen) atoms. The van der Waals surface area contributed by atoms with Crippen molar-refractivity contribution in [3.05, 3.63) is 64.8 Å². The van der Waals surface area contributed by atoms with Crippen LogP contribution in [-0.4, -0.2) is 13.0 Å². The largest absolute Gasteiger partial charge is 0.456 e. The molecule has 8 heteroatoms. The van der Waals surface area contributed by atoms with Crippen LogP contribution in [0, 0.1) is 0 Å². The lowest BCUT2D eigenvalue weighted by Crippen LogP contribution is -2.26. The molecule has 0 saturated heterocycles. The first kappa shape index (κ1) is 15.2. The van der Waals surface area contributed by atoms with Gasteiger partial charge in [-0.25, -0.2) is 0 Å². The van der Waals surface area contributed by atoms with E-state index in [-0.39, 0.29) is 16.6 Å². The summed E-state index contributed by atoms with van der Waals surface area (Å²) in [5, 5.41) is 0.222. The maximum absolute atomic E-state index is 12.2. The monoisotopic (exact) mass is 333 g/mol.